The van der Waals surface area contributed by atoms with Crippen LogP contribution in [0.4, 0.5) is 0 Å². The summed E-state index contributed by atoms with van der Waals surface area (Å²) in [5, 5.41) is 4.27. The van der Waals surface area contributed by atoms with E-state index in [1.54, 1.807) is 31.2 Å². The van der Waals surface area contributed by atoms with E-state index in [0.29, 0.717) is 17.9 Å². The summed E-state index contributed by atoms with van der Waals surface area (Å²) >= 11 is 0. The van der Waals surface area contributed by atoms with E-state index in [4.69, 9.17) is 9.47 Å². The van der Waals surface area contributed by atoms with Crippen LogP contribution in [0.25, 0.3) is 0 Å². The first-order valence-corrected chi connectivity index (χ1v) is 9.01. The van der Waals surface area contributed by atoms with Gasteiger partial charge in [0.05, 0.1) is 17.9 Å². The fourth-order valence-corrected chi connectivity index (χ4v) is 2.93. The van der Waals surface area contributed by atoms with Crippen LogP contribution in [0.5, 0.6) is 5.75 Å². The van der Waals surface area contributed by atoms with E-state index in [9.17, 15) is 9.59 Å². The SMILES string of the molecule is CCOC(=O)c1ccc(OCC(=O)NN=C2CCCc3ccccc32)cc1. The minimum Gasteiger partial charge on any atom is -0.484 e. The maximum Gasteiger partial charge on any atom is 0.338 e. The summed E-state index contributed by atoms with van der Waals surface area (Å²) in [4.78, 5) is 23.6. The molecule has 0 heterocycles. The van der Waals surface area contributed by atoms with Gasteiger partial charge < -0.3 is 9.47 Å². The Hall–Kier alpha value is -3.15. The first-order chi connectivity index (χ1) is 13.2. The Kier molecular flexibility index (Phi) is 6.20. The minimum absolute atomic E-state index is 0.156. The third kappa shape index (κ3) is 4.94. The molecule has 2 aromatic carbocycles. The van der Waals surface area contributed by atoms with Crippen molar-refractivity contribution in [3.05, 3.63) is 65.2 Å². The largest absolute Gasteiger partial charge is 0.484 e. The Morgan fingerprint density at radius 1 is 1.07 bits per heavy atom. The number of rotatable bonds is 6. The van der Waals surface area contributed by atoms with E-state index >= 15 is 0 Å². The number of benzene rings is 2. The average Bonchev–Trinajstić information content (AvgIpc) is 2.71. The van der Waals surface area contributed by atoms with Gasteiger partial charge in [-0.05, 0) is 56.0 Å². The molecular weight excluding hydrogens is 344 g/mol. The summed E-state index contributed by atoms with van der Waals surface area (Å²) < 4.78 is 10.4. The summed E-state index contributed by atoms with van der Waals surface area (Å²) in [5.74, 6) is -0.223. The fraction of sp³-hybridized carbons (Fsp3) is 0.286. The van der Waals surface area contributed by atoms with Gasteiger partial charge in [0.1, 0.15) is 5.75 Å². The fourth-order valence-electron chi connectivity index (χ4n) is 2.93. The highest BCUT2D eigenvalue weighted by atomic mass is 16.5. The summed E-state index contributed by atoms with van der Waals surface area (Å²) in [6, 6.07) is 14.6. The number of hydrazone groups is 1. The molecule has 1 amide bonds. The smallest absolute Gasteiger partial charge is 0.338 e. The number of aryl methyl sites for hydroxylation is 1. The second kappa shape index (κ2) is 8.98. The molecule has 0 aliphatic heterocycles. The number of amides is 1. The van der Waals surface area contributed by atoms with E-state index in [1.807, 2.05) is 18.2 Å². The molecule has 1 aliphatic carbocycles. The van der Waals surface area contributed by atoms with Gasteiger partial charge in [0.15, 0.2) is 6.61 Å². The molecule has 2 aromatic rings. The van der Waals surface area contributed by atoms with Gasteiger partial charge >= 0.3 is 5.97 Å². The van der Waals surface area contributed by atoms with Crippen LogP contribution >= 0.6 is 0 Å². The number of esters is 1. The Morgan fingerprint density at radius 2 is 1.85 bits per heavy atom. The van der Waals surface area contributed by atoms with Crippen LogP contribution in [0.15, 0.2) is 53.6 Å². The number of carbonyl (C=O) groups is 2. The Bertz CT molecular complexity index is 844. The van der Waals surface area contributed by atoms with E-state index in [1.165, 1.54) is 5.56 Å². The monoisotopic (exact) mass is 366 g/mol. The summed E-state index contributed by atoms with van der Waals surface area (Å²) in [6.07, 6.45) is 2.90. The lowest BCUT2D eigenvalue weighted by Gasteiger charge is -2.17. The molecule has 0 bridgehead atoms. The van der Waals surface area contributed by atoms with Crippen molar-refractivity contribution < 1.29 is 19.1 Å². The zero-order valence-corrected chi connectivity index (χ0v) is 15.2. The Balaban J connectivity index is 1.53. The first kappa shape index (κ1) is 18.6. The third-order valence-electron chi connectivity index (χ3n) is 4.24. The van der Waals surface area contributed by atoms with Gasteiger partial charge in [0, 0.05) is 5.56 Å². The van der Waals surface area contributed by atoms with Gasteiger partial charge in [0.2, 0.25) is 0 Å². The normalized spacial score (nSPS) is 14.3. The van der Waals surface area contributed by atoms with Crippen LogP contribution in [0.2, 0.25) is 0 Å². The van der Waals surface area contributed by atoms with E-state index in [2.05, 4.69) is 16.6 Å². The van der Waals surface area contributed by atoms with E-state index < -0.39 is 0 Å². The zero-order valence-electron chi connectivity index (χ0n) is 15.2. The molecule has 3 rings (SSSR count). The molecule has 1 N–H and O–H groups in total. The molecule has 1 aliphatic rings. The molecule has 0 fully saturated rings. The van der Waals surface area contributed by atoms with E-state index in [0.717, 1.165) is 30.5 Å². The van der Waals surface area contributed by atoms with Crippen molar-refractivity contribution >= 4 is 17.6 Å². The van der Waals surface area contributed by atoms with E-state index in [-0.39, 0.29) is 18.5 Å². The van der Waals surface area contributed by atoms with Crippen LogP contribution in [0, 0.1) is 0 Å². The number of nitrogens with one attached hydrogen (secondary N) is 1. The number of nitrogens with zero attached hydrogens (tertiary/aromatic N) is 1. The van der Waals surface area contributed by atoms with Crippen molar-refractivity contribution in [3.63, 3.8) is 0 Å². The molecular formula is C21H22N2O4. The third-order valence-corrected chi connectivity index (χ3v) is 4.24. The van der Waals surface area contributed by atoms with Gasteiger partial charge in [-0.25, -0.2) is 10.2 Å². The van der Waals surface area contributed by atoms with Gasteiger partial charge in [-0.2, -0.15) is 5.10 Å². The molecule has 140 valence electrons. The van der Waals surface area contributed by atoms with Crippen molar-refractivity contribution in [2.75, 3.05) is 13.2 Å². The maximum absolute atomic E-state index is 12.0. The van der Waals surface area contributed by atoms with Crippen LogP contribution in [-0.2, 0) is 16.0 Å². The van der Waals surface area contributed by atoms with Gasteiger partial charge in [-0.1, -0.05) is 24.3 Å². The Morgan fingerprint density at radius 3 is 2.63 bits per heavy atom. The second-order valence-electron chi connectivity index (χ2n) is 6.14. The highest BCUT2D eigenvalue weighted by Crippen LogP contribution is 2.21. The molecule has 0 radical (unpaired) electrons. The van der Waals surface area contributed by atoms with Gasteiger partial charge in [-0.15, -0.1) is 0 Å². The van der Waals surface area contributed by atoms with Crippen molar-refractivity contribution in [3.8, 4) is 5.75 Å². The zero-order chi connectivity index (χ0) is 19.1. The number of hydrogen-bond donors (Lipinski definition) is 1. The summed E-state index contributed by atoms with van der Waals surface area (Å²) in [5.41, 5.74) is 6.25. The molecule has 0 aromatic heterocycles. The van der Waals surface area contributed by atoms with Crippen molar-refractivity contribution in [1.29, 1.82) is 0 Å². The highest BCUT2D eigenvalue weighted by molar-refractivity contribution is 6.03. The lowest BCUT2D eigenvalue weighted by Crippen LogP contribution is -2.27. The minimum atomic E-state index is -0.384. The quantitative estimate of drug-likeness (QED) is 0.629. The molecule has 0 atom stereocenters. The molecule has 6 heteroatoms. The Labute approximate surface area is 158 Å². The predicted octanol–water partition coefficient (Wildman–Crippen LogP) is 3.10. The van der Waals surface area contributed by atoms with Gasteiger partial charge in [0.25, 0.3) is 5.91 Å². The van der Waals surface area contributed by atoms with Crippen molar-refractivity contribution in [2.24, 2.45) is 5.10 Å². The number of ether oxygens (including phenoxy) is 2. The molecule has 0 spiro atoms. The number of fused-ring (bicyclic) bond motifs is 1. The van der Waals surface area contributed by atoms with Crippen LogP contribution in [-0.4, -0.2) is 30.8 Å². The molecule has 0 saturated carbocycles. The molecule has 0 unspecified atom stereocenters. The number of hydrogen-bond acceptors (Lipinski definition) is 5. The van der Waals surface area contributed by atoms with Crippen LogP contribution in [0.1, 0.15) is 41.3 Å². The molecule has 0 saturated heterocycles. The van der Waals surface area contributed by atoms with Crippen molar-refractivity contribution in [1.82, 2.24) is 5.43 Å². The van der Waals surface area contributed by atoms with Gasteiger partial charge in [-0.3, -0.25) is 4.79 Å². The highest BCUT2D eigenvalue weighted by Gasteiger charge is 2.15. The first-order valence-electron chi connectivity index (χ1n) is 9.01. The second-order valence-corrected chi connectivity index (χ2v) is 6.14. The summed E-state index contributed by atoms with van der Waals surface area (Å²) in [6.45, 7) is 1.92. The number of carbonyl (C=O) groups excluding carboxylic acids is 2. The van der Waals surface area contributed by atoms with Crippen LogP contribution < -0.4 is 10.2 Å². The molecule has 27 heavy (non-hydrogen) atoms. The lowest BCUT2D eigenvalue weighted by molar-refractivity contribution is -0.123. The maximum atomic E-state index is 12.0. The predicted molar refractivity (Wildman–Crippen MR) is 102 cm³/mol. The topological polar surface area (TPSA) is 77.0 Å². The average molecular weight is 366 g/mol. The molecule has 6 nitrogen and oxygen atoms in total. The van der Waals surface area contributed by atoms with Crippen molar-refractivity contribution in [2.45, 2.75) is 26.2 Å². The standard InChI is InChI=1S/C21H22N2O4/c1-2-26-21(25)16-10-12-17(13-11-16)27-14-20(24)23-22-19-9-5-7-15-6-3-4-8-18(15)19/h3-4,6,8,10-13H,2,5,7,9,14H2,1H3,(H,23,24). The van der Waals surface area contributed by atoms with Crippen LogP contribution in [0.3, 0.4) is 0 Å². The summed E-state index contributed by atoms with van der Waals surface area (Å²) in [7, 11) is 0. The lowest BCUT2D eigenvalue weighted by atomic mass is 9.90.